The van der Waals surface area contributed by atoms with Crippen LogP contribution in [0.2, 0.25) is 0 Å². The number of amides is 2. The first-order valence-electron chi connectivity index (χ1n) is 10.1. The van der Waals surface area contributed by atoms with Crippen molar-refractivity contribution in [2.75, 3.05) is 29.9 Å². The number of nitrogens with zero attached hydrogens (tertiary/aromatic N) is 6. The zero-order chi connectivity index (χ0) is 22.8. The fraction of sp³-hybridized carbons (Fsp3) is 0.286. The molecule has 1 saturated heterocycles. The molecule has 2 aromatic heterocycles. The summed E-state index contributed by atoms with van der Waals surface area (Å²) in [6.07, 6.45) is 3.00. The third kappa shape index (κ3) is 4.45. The topological polar surface area (TPSA) is 96.2 Å². The first-order chi connectivity index (χ1) is 15.3. The van der Waals surface area contributed by atoms with Crippen molar-refractivity contribution < 1.29 is 9.18 Å². The van der Waals surface area contributed by atoms with Crippen LogP contribution in [0, 0.1) is 5.82 Å². The predicted octanol–water partition coefficient (Wildman–Crippen LogP) is 1.62. The number of benzene rings is 1. The average Bonchev–Trinajstić information content (AvgIpc) is 2.78. The highest BCUT2D eigenvalue weighted by Crippen LogP contribution is 2.21. The van der Waals surface area contributed by atoms with Gasteiger partial charge in [0.2, 0.25) is 5.95 Å². The molecule has 11 heteroatoms. The van der Waals surface area contributed by atoms with Crippen molar-refractivity contribution in [1.29, 1.82) is 0 Å². The number of hydrogen-bond acceptors (Lipinski definition) is 6. The molecule has 9 nitrogen and oxygen atoms in total. The Bertz CT molecular complexity index is 1200. The van der Waals surface area contributed by atoms with Gasteiger partial charge in [0.1, 0.15) is 12.1 Å². The first-order valence-corrected chi connectivity index (χ1v) is 10.6. The molecule has 1 aliphatic heterocycles. The maximum Gasteiger partial charge on any atom is 0.322 e. The second-order valence-corrected chi connectivity index (χ2v) is 8.26. The van der Waals surface area contributed by atoms with E-state index in [0.29, 0.717) is 42.3 Å². The lowest BCUT2D eigenvalue weighted by Gasteiger charge is -2.40. The maximum absolute atomic E-state index is 14.1. The highest BCUT2D eigenvalue weighted by molar-refractivity contribution is 7.27. The fourth-order valence-electron chi connectivity index (χ4n) is 3.62. The molecule has 32 heavy (non-hydrogen) atoms. The lowest BCUT2D eigenvalue weighted by atomic mass is 10.2. The summed E-state index contributed by atoms with van der Waals surface area (Å²) < 4.78 is 15.6. The Morgan fingerprint density at radius 2 is 2.03 bits per heavy atom. The van der Waals surface area contributed by atoms with Crippen LogP contribution in [0.15, 0.2) is 47.7 Å². The molecule has 3 heterocycles. The van der Waals surface area contributed by atoms with E-state index in [2.05, 4.69) is 29.5 Å². The van der Waals surface area contributed by atoms with Gasteiger partial charge in [-0.1, -0.05) is 6.07 Å². The molecule has 2 atom stereocenters. The van der Waals surface area contributed by atoms with Gasteiger partial charge in [0.05, 0.1) is 17.1 Å². The summed E-state index contributed by atoms with van der Waals surface area (Å²) >= 11 is 0. The quantitative estimate of drug-likeness (QED) is 0.603. The minimum absolute atomic E-state index is 0.118. The molecular weight excluding hydrogens is 432 g/mol. The number of carbonyl (C=O) groups is 1. The normalized spacial score (nSPS) is 16.2. The Morgan fingerprint density at radius 1 is 1.22 bits per heavy atom. The van der Waals surface area contributed by atoms with Crippen LogP contribution in [-0.4, -0.2) is 56.1 Å². The van der Waals surface area contributed by atoms with Crippen LogP contribution in [0.4, 0.5) is 20.8 Å². The van der Waals surface area contributed by atoms with Crippen LogP contribution in [-0.2, 0) is 7.05 Å². The van der Waals surface area contributed by atoms with E-state index >= 15 is 0 Å². The number of hydrogen-bond donors (Lipinski definition) is 1. The zero-order valence-corrected chi connectivity index (χ0v) is 18.8. The molecule has 3 aromatic rings. The molecule has 0 radical (unpaired) electrons. The number of halogens is 1. The second-order valence-electron chi connectivity index (χ2n) is 7.59. The van der Waals surface area contributed by atoms with Crippen LogP contribution in [0.1, 0.15) is 6.92 Å². The summed E-state index contributed by atoms with van der Waals surface area (Å²) in [4.78, 5) is 41.6. The lowest BCUT2D eigenvalue weighted by Crippen LogP contribution is -2.56. The van der Waals surface area contributed by atoms with Gasteiger partial charge < -0.3 is 15.1 Å². The van der Waals surface area contributed by atoms with Gasteiger partial charge in [0.25, 0.3) is 5.56 Å². The van der Waals surface area contributed by atoms with Crippen LogP contribution in [0.3, 0.4) is 0 Å². The van der Waals surface area contributed by atoms with E-state index in [9.17, 15) is 14.0 Å². The number of anilines is 2. The van der Waals surface area contributed by atoms with Crippen LogP contribution >= 0.6 is 9.24 Å². The highest BCUT2D eigenvalue weighted by Gasteiger charge is 2.29. The smallest absolute Gasteiger partial charge is 0.322 e. The van der Waals surface area contributed by atoms with Crippen molar-refractivity contribution in [3.8, 4) is 11.4 Å². The summed E-state index contributed by atoms with van der Waals surface area (Å²) in [6.45, 7) is 3.21. The van der Waals surface area contributed by atoms with Crippen molar-refractivity contribution in [3.05, 3.63) is 59.0 Å². The van der Waals surface area contributed by atoms with Crippen molar-refractivity contribution in [1.82, 2.24) is 24.4 Å². The van der Waals surface area contributed by atoms with Crippen LogP contribution in [0.25, 0.3) is 11.4 Å². The number of nitrogens with one attached hydrogen (secondary N) is 1. The standard InChI is InChI=1S/C21H23FN7O2P/c1-13-11-28(21(31)26-16-4-3-14(32)9-15(16)22)7-8-29(13)20-25-18(10-19(30)27(20)2)17-5-6-23-12-24-17/h3-6,9-10,12-13H,7-8,11,32H2,1-2H3,(H,26,31)/t13-/m1/s1. The van der Waals surface area contributed by atoms with E-state index in [0.717, 1.165) is 0 Å². The van der Waals surface area contributed by atoms with Crippen molar-refractivity contribution in [2.45, 2.75) is 13.0 Å². The molecule has 1 N–H and O–H groups in total. The van der Waals surface area contributed by atoms with E-state index in [1.807, 2.05) is 11.8 Å². The Hall–Kier alpha value is -3.39. The van der Waals surface area contributed by atoms with Gasteiger partial charge in [0.15, 0.2) is 0 Å². The van der Waals surface area contributed by atoms with E-state index in [1.54, 1.807) is 30.3 Å². The van der Waals surface area contributed by atoms with Crippen molar-refractivity contribution in [2.24, 2.45) is 7.05 Å². The summed E-state index contributed by atoms with van der Waals surface area (Å²) in [5, 5.41) is 3.33. The molecule has 0 saturated carbocycles. The molecule has 2 amide bonds. The molecule has 4 rings (SSSR count). The monoisotopic (exact) mass is 455 g/mol. The third-order valence-electron chi connectivity index (χ3n) is 5.36. The van der Waals surface area contributed by atoms with E-state index in [1.165, 1.54) is 29.1 Å². The van der Waals surface area contributed by atoms with Crippen molar-refractivity contribution in [3.63, 3.8) is 0 Å². The number of urea groups is 1. The number of carbonyl (C=O) groups excluding carboxylic acids is 1. The van der Waals surface area contributed by atoms with Gasteiger partial charge in [-0.25, -0.2) is 24.1 Å². The fourth-order valence-corrected chi connectivity index (χ4v) is 3.87. The highest BCUT2D eigenvalue weighted by atomic mass is 31.0. The van der Waals surface area contributed by atoms with E-state index in [4.69, 9.17) is 0 Å². The molecule has 0 bridgehead atoms. The Balaban J connectivity index is 1.52. The number of rotatable bonds is 3. The molecule has 1 aliphatic rings. The molecule has 1 fully saturated rings. The van der Waals surface area contributed by atoms with Gasteiger partial charge in [-0.2, -0.15) is 0 Å². The lowest BCUT2D eigenvalue weighted by molar-refractivity contribution is 0.199. The van der Waals surface area contributed by atoms with E-state index in [-0.39, 0.29) is 23.3 Å². The zero-order valence-electron chi connectivity index (χ0n) is 17.7. The van der Waals surface area contributed by atoms with Crippen molar-refractivity contribution >= 4 is 32.2 Å². The third-order valence-corrected chi connectivity index (χ3v) is 5.72. The Labute approximate surface area is 186 Å². The van der Waals surface area contributed by atoms with Gasteiger partial charge in [0, 0.05) is 45.0 Å². The van der Waals surface area contributed by atoms with Gasteiger partial charge in [-0.3, -0.25) is 9.36 Å². The molecule has 0 spiro atoms. The first kappa shape index (κ1) is 21.8. The summed E-state index contributed by atoms with van der Waals surface area (Å²) in [5.41, 5.74) is 0.955. The summed E-state index contributed by atoms with van der Waals surface area (Å²) in [6, 6.07) is 7.23. The largest absolute Gasteiger partial charge is 0.336 e. The average molecular weight is 455 g/mol. The molecule has 166 valence electrons. The molecule has 0 aliphatic carbocycles. The second kappa shape index (κ2) is 9.00. The molecule has 1 unspecified atom stereocenters. The Morgan fingerprint density at radius 3 is 2.72 bits per heavy atom. The molecular formula is C21H23FN7O2P. The van der Waals surface area contributed by atoms with Crippen LogP contribution in [0.5, 0.6) is 0 Å². The minimum Gasteiger partial charge on any atom is -0.336 e. The van der Waals surface area contributed by atoms with Gasteiger partial charge in [-0.15, -0.1) is 9.24 Å². The van der Waals surface area contributed by atoms with Gasteiger partial charge >= 0.3 is 6.03 Å². The SMILES string of the molecule is C[C@@H]1CN(C(=O)Nc2ccc(P)cc2F)CCN1c1nc(-c2ccncn2)cc(=O)n1C. The predicted molar refractivity (Wildman–Crippen MR) is 124 cm³/mol. The number of piperazine rings is 1. The summed E-state index contributed by atoms with van der Waals surface area (Å²) in [5.74, 6) is 0.0130. The van der Waals surface area contributed by atoms with Gasteiger partial charge in [-0.05, 0) is 30.4 Å². The Kier molecular flexibility index (Phi) is 6.14. The molecule has 1 aromatic carbocycles. The van der Waals surface area contributed by atoms with Crippen LogP contribution < -0.4 is 21.1 Å². The number of aromatic nitrogens is 4. The summed E-state index contributed by atoms with van der Waals surface area (Å²) in [7, 11) is 4.08. The maximum atomic E-state index is 14.1. The minimum atomic E-state index is -0.488. The van der Waals surface area contributed by atoms with E-state index < -0.39 is 5.82 Å².